The van der Waals surface area contributed by atoms with E-state index in [0.717, 1.165) is 34.6 Å². The highest BCUT2D eigenvalue weighted by Crippen LogP contribution is 2.39. The highest BCUT2D eigenvalue weighted by atomic mass is 19.2. The minimum absolute atomic E-state index is 0.165. The SMILES string of the molecule is CC(C)(C)[C@H](c1nc(-c2ccccc2)c(Cc2ccccc2)[nH]1)N(CCCN)C(=O)Nc1ccc(F)c(F)c1. The molecule has 0 radical (unpaired) electrons. The lowest BCUT2D eigenvalue weighted by atomic mass is 9.85. The molecule has 0 aliphatic heterocycles. The molecule has 0 bridgehead atoms. The smallest absolute Gasteiger partial charge is 0.322 e. The molecule has 39 heavy (non-hydrogen) atoms. The molecule has 1 heterocycles. The molecule has 3 aromatic carbocycles. The van der Waals surface area contributed by atoms with Gasteiger partial charge < -0.3 is 20.9 Å². The summed E-state index contributed by atoms with van der Waals surface area (Å²) in [5.41, 5.74) is 9.43. The van der Waals surface area contributed by atoms with E-state index in [0.29, 0.717) is 31.8 Å². The predicted molar refractivity (Wildman–Crippen MR) is 151 cm³/mol. The van der Waals surface area contributed by atoms with Gasteiger partial charge in [-0.3, -0.25) is 0 Å². The third-order valence-electron chi connectivity index (χ3n) is 6.49. The molecule has 0 aliphatic carbocycles. The van der Waals surface area contributed by atoms with E-state index in [1.165, 1.54) is 6.07 Å². The zero-order chi connectivity index (χ0) is 28.0. The Hall–Kier alpha value is -4.04. The average Bonchev–Trinajstić information content (AvgIpc) is 3.31. The second-order valence-corrected chi connectivity index (χ2v) is 10.6. The van der Waals surface area contributed by atoms with E-state index in [4.69, 9.17) is 10.7 Å². The highest BCUT2D eigenvalue weighted by Gasteiger charge is 2.37. The molecule has 1 atom stereocenters. The maximum Gasteiger partial charge on any atom is 0.322 e. The molecular formula is C31H35F2N5O. The monoisotopic (exact) mass is 531 g/mol. The predicted octanol–water partition coefficient (Wildman–Crippen LogP) is 6.92. The third-order valence-corrected chi connectivity index (χ3v) is 6.49. The molecule has 8 heteroatoms. The number of anilines is 1. The summed E-state index contributed by atoms with van der Waals surface area (Å²) in [6.45, 7) is 6.86. The van der Waals surface area contributed by atoms with Gasteiger partial charge in [0.1, 0.15) is 5.82 Å². The van der Waals surface area contributed by atoms with E-state index in [2.05, 4.69) is 22.4 Å². The topological polar surface area (TPSA) is 87.0 Å². The molecule has 0 fully saturated rings. The van der Waals surface area contributed by atoms with E-state index < -0.39 is 29.1 Å². The van der Waals surface area contributed by atoms with Crippen LogP contribution in [-0.2, 0) is 6.42 Å². The molecule has 6 nitrogen and oxygen atoms in total. The minimum atomic E-state index is -1.03. The normalized spacial score (nSPS) is 12.3. The fourth-order valence-electron chi connectivity index (χ4n) is 4.73. The van der Waals surface area contributed by atoms with Crippen LogP contribution in [0.3, 0.4) is 0 Å². The van der Waals surface area contributed by atoms with E-state index >= 15 is 0 Å². The lowest BCUT2D eigenvalue weighted by Crippen LogP contribution is -2.44. The van der Waals surface area contributed by atoms with Gasteiger partial charge in [0, 0.05) is 36.0 Å². The summed E-state index contributed by atoms with van der Waals surface area (Å²) >= 11 is 0. The van der Waals surface area contributed by atoms with Gasteiger partial charge in [0.2, 0.25) is 0 Å². The van der Waals surface area contributed by atoms with Gasteiger partial charge in [-0.1, -0.05) is 81.4 Å². The fourth-order valence-corrected chi connectivity index (χ4v) is 4.73. The van der Waals surface area contributed by atoms with Gasteiger partial charge in [0.15, 0.2) is 11.6 Å². The molecule has 1 aromatic heterocycles. The zero-order valence-electron chi connectivity index (χ0n) is 22.5. The first-order valence-corrected chi connectivity index (χ1v) is 13.1. The minimum Gasteiger partial charge on any atom is -0.343 e. The Balaban J connectivity index is 1.77. The molecule has 204 valence electrons. The Labute approximate surface area is 228 Å². The van der Waals surface area contributed by atoms with Gasteiger partial charge in [-0.25, -0.2) is 18.6 Å². The number of nitrogens with zero attached hydrogens (tertiary/aromatic N) is 2. The molecular weight excluding hydrogens is 496 g/mol. The fraction of sp³-hybridized carbons (Fsp3) is 0.290. The van der Waals surface area contributed by atoms with Crippen molar-refractivity contribution in [3.8, 4) is 11.3 Å². The summed E-state index contributed by atoms with van der Waals surface area (Å²) < 4.78 is 27.3. The number of rotatable bonds is 9. The molecule has 4 rings (SSSR count). The van der Waals surface area contributed by atoms with Crippen molar-refractivity contribution in [1.29, 1.82) is 0 Å². The number of hydrogen-bond donors (Lipinski definition) is 3. The van der Waals surface area contributed by atoms with Crippen LogP contribution in [0.4, 0.5) is 19.3 Å². The van der Waals surface area contributed by atoms with Crippen molar-refractivity contribution >= 4 is 11.7 Å². The Bertz CT molecular complexity index is 1380. The number of carbonyl (C=O) groups is 1. The highest BCUT2D eigenvalue weighted by molar-refractivity contribution is 5.89. The number of halogens is 2. The van der Waals surface area contributed by atoms with Gasteiger partial charge in [0.05, 0.1) is 11.7 Å². The van der Waals surface area contributed by atoms with Gasteiger partial charge in [-0.05, 0) is 36.1 Å². The van der Waals surface area contributed by atoms with Crippen molar-refractivity contribution < 1.29 is 13.6 Å². The first-order chi connectivity index (χ1) is 18.7. The Morgan fingerprint density at radius 2 is 1.67 bits per heavy atom. The molecule has 0 saturated carbocycles. The van der Waals surface area contributed by atoms with E-state index in [9.17, 15) is 13.6 Å². The standard InChI is InChI=1S/C31H35F2N5O/c1-31(2,3)28(38(18-10-17-34)30(39)35-23-15-16-24(32)25(33)20-23)29-36-26(19-21-11-6-4-7-12-21)27(37-29)22-13-8-5-9-14-22/h4-9,11-16,20,28H,10,17-19,34H2,1-3H3,(H,35,39)(H,36,37)/t28-/m0/s1. The molecule has 4 aromatic rings. The number of carbonyl (C=O) groups excluding carboxylic acids is 1. The van der Waals surface area contributed by atoms with Gasteiger partial charge in [-0.15, -0.1) is 0 Å². The number of amides is 2. The van der Waals surface area contributed by atoms with Crippen LogP contribution >= 0.6 is 0 Å². The number of hydrogen-bond acceptors (Lipinski definition) is 3. The molecule has 4 N–H and O–H groups in total. The number of imidazole rings is 1. The van der Waals surface area contributed by atoms with Crippen molar-refractivity contribution in [2.45, 2.75) is 39.7 Å². The first kappa shape index (κ1) is 28.0. The van der Waals surface area contributed by atoms with Crippen LogP contribution in [0.2, 0.25) is 0 Å². The summed E-state index contributed by atoms with van der Waals surface area (Å²) in [4.78, 5) is 23.9. The number of nitrogens with two attached hydrogens (primary N) is 1. The van der Waals surface area contributed by atoms with Crippen LogP contribution in [0.5, 0.6) is 0 Å². The lowest BCUT2D eigenvalue weighted by Gasteiger charge is -2.39. The number of nitrogens with one attached hydrogen (secondary N) is 2. The van der Waals surface area contributed by atoms with Crippen molar-refractivity contribution in [1.82, 2.24) is 14.9 Å². The van der Waals surface area contributed by atoms with Crippen molar-refractivity contribution in [2.75, 3.05) is 18.4 Å². The number of aromatic amines is 1. The second kappa shape index (κ2) is 12.2. The van der Waals surface area contributed by atoms with E-state index in [1.54, 1.807) is 4.90 Å². The van der Waals surface area contributed by atoms with Gasteiger partial charge in [-0.2, -0.15) is 0 Å². The lowest BCUT2D eigenvalue weighted by molar-refractivity contribution is 0.119. The quantitative estimate of drug-likeness (QED) is 0.219. The molecule has 0 saturated heterocycles. The molecule has 0 aliphatic rings. The van der Waals surface area contributed by atoms with Crippen LogP contribution in [0.25, 0.3) is 11.3 Å². The first-order valence-electron chi connectivity index (χ1n) is 13.1. The van der Waals surface area contributed by atoms with Crippen molar-refractivity contribution in [3.63, 3.8) is 0 Å². The summed E-state index contributed by atoms with van der Waals surface area (Å²) in [6.07, 6.45) is 1.19. The van der Waals surface area contributed by atoms with Crippen LogP contribution in [0, 0.1) is 17.0 Å². The Morgan fingerprint density at radius 1 is 1.00 bits per heavy atom. The number of benzene rings is 3. The van der Waals surface area contributed by atoms with Gasteiger partial charge >= 0.3 is 6.03 Å². The number of urea groups is 1. The summed E-state index contributed by atoms with van der Waals surface area (Å²) in [5.74, 6) is -1.36. The largest absolute Gasteiger partial charge is 0.343 e. The zero-order valence-corrected chi connectivity index (χ0v) is 22.5. The van der Waals surface area contributed by atoms with Crippen molar-refractivity contribution in [2.24, 2.45) is 11.1 Å². The maximum absolute atomic E-state index is 13.9. The molecule has 0 spiro atoms. The molecule has 2 amide bonds. The summed E-state index contributed by atoms with van der Waals surface area (Å²) in [7, 11) is 0. The van der Waals surface area contributed by atoms with Crippen LogP contribution in [-0.4, -0.2) is 34.0 Å². The average molecular weight is 532 g/mol. The van der Waals surface area contributed by atoms with Crippen LogP contribution < -0.4 is 11.1 Å². The van der Waals surface area contributed by atoms with E-state index in [1.807, 2.05) is 69.3 Å². The Morgan fingerprint density at radius 3 is 2.28 bits per heavy atom. The molecule has 0 unspecified atom stereocenters. The van der Waals surface area contributed by atoms with Gasteiger partial charge in [0.25, 0.3) is 0 Å². The second-order valence-electron chi connectivity index (χ2n) is 10.6. The Kier molecular flexibility index (Phi) is 8.76. The van der Waals surface area contributed by atoms with Crippen molar-refractivity contribution in [3.05, 3.63) is 108 Å². The number of aromatic nitrogens is 2. The summed E-state index contributed by atoms with van der Waals surface area (Å²) in [5, 5.41) is 2.73. The third kappa shape index (κ3) is 6.89. The number of H-pyrrole nitrogens is 1. The summed E-state index contributed by atoms with van der Waals surface area (Å²) in [6, 6.07) is 22.4. The maximum atomic E-state index is 13.9. The van der Waals surface area contributed by atoms with E-state index in [-0.39, 0.29) is 5.69 Å². The van der Waals surface area contributed by atoms with Crippen LogP contribution in [0.15, 0.2) is 78.9 Å². The van der Waals surface area contributed by atoms with Crippen LogP contribution in [0.1, 0.15) is 50.3 Å².